The molecule has 6 nitrogen and oxygen atoms in total. The van der Waals surface area contributed by atoms with Crippen molar-refractivity contribution in [1.82, 2.24) is 9.80 Å². The molecule has 2 unspecified atom stereocenters. The predicted molar refractivity (Wildman–Crippen MR) is 129 cm³/mol. The Morgan fingerprint density at radius 2 is 1.88 bits per heavy atom. The first-order valence-corrected chi connectivity index (χ1v) is 11.7. The minimum atomic E-state index is 0.367. The molecule has 2 aromatic carbocycles. The summed E-state index contributed by atoms with van der Waals surface area (Å²) in [7, 11) is 8.24. The Kier molecular flexibility index (Phi) is 7.33. The van der Waals surface area contributed by atoms with Gasteiger partial charge in [-0.1, -0.05) is 18.2 Å². The van der Waals surface area contributed by atoms with Gasteiger partial charge in [0.05, 0.1) is 27.3 Å². The smallest absolute Gasteiger partial charge is 0.298 e. The van der Waals surface area contributed by atoms with Gasteiger partial charge in [-0.3, -0.25) is 4.90 Å². The lowest BCUT2D eigenvalue weighted by Crippen LogP contribution is -3.14. The van der Waals surface area contributed by atoms with Crippen LogP contribution in [0.2, 0.25) is 0 Å². The number of nitrogens with zero attached hydrogens (tertiary/aromatic N) is 3. The van der Waals surface area contributed by atoms with Gasteiger partial charge in [0.2, 0.25) is 0 Å². The number of fused-ring (bicyclic) bond motifs is 1. The first-order chi connectivity index (χ1) is 15.5. The highest BCUT2D eigenvalue weighted by Crippen LogP contribution is 2.35. The van der Waals surface area contributed by atoms with Crippen LogP contribution in [0, 0.1) is 0 Å². The molecule has 2 aliphatic heterocycles. The summed E-state index contributed by atoms with van der Waals surface area (Å²) in [5, 5.41) is 0. The van der Waals surface area contributed by atoms with Crippen molar-refractivity contribution in [3.05, 3.63) is 59.2 Å². The number of ether oxygens (including phenoxy) is 2. The van der Waals surface area contributed by atoms with Gasteiger partial charge in [-0.25, -0.2) is 4.99 Å². The molecule has 0 radical (unpaired) electrons. The molecule has 1 N–H and O–H groups in total. The van der Waals surface area contributed by atoms with Gasteiger partial charge in [0.1, 0.15) is 11.5 Å². The summed E-state index contributed by atoms with van der Waals surface area (Å²) in [6.45, 7) is 5.74. The highest BCUT2D eigenvalue weighted by molar-refractivity contribution is 5.71. The number of methoxy groups -OCH3 is 1. The van der Waals surface area contributed by atoms with Crippen molar-refractivity contribution in [2.24, 2.45) is 4.99 Å². The van der Waals surface area contributed by atoms with Crippen LogP contribution in [0.3, 0.4) is 0 Å². The van der Waals surface area contributed by atoms with Crippen molar-refractivity contribution in [2.45, 2.75) is 25.3 Å². The second-order valence-corrected chi connectivity index (χ2v) is 9.10. The lowest BCUT2D eigenvalue weighted by molar-refractivity contribution is -0.793. The molecule has 2 heterocycles. The van der Waals surface area contributed by atoms with Gasteiger partial charge in [-0.15, -0.1) is 0 Å². The summed E-state index contributed by atoms with van der Waals surface area (Å²) >= 11 is 0. The molecule has 1 fully saturated rings. The van der Waals surface area contributed by atoms with Crippen molar-refractivity contribution >= 4 is 5.96 Å². The fraction of sp³-hybridized carbons (Fsp3) is 0.500. The average molecular weight is 438 g/mol. The van der Waals surface area contributed by atoms with Crippen LogP contribution in [0.15, 0.2) is 47.5 Å². The van der Waals surface area contributed by atoms with Crippen LogP contribution < -0.4 is 14.4 Å². The van der Waals surface area contributed by atoms with E-state index < -0.39 is 0 Å². The third-order valence-corrected chi connectivity index (χ3v) is 6.56. The zero-order valence-corrected chi connectivity index (χ0v) is 19.9. The third kappa shape index (κ3) is 5.25. The van der Waals surface area contributed by atoms with E-state index in [1.807, 2.05) is 0 Å². The Bertz CT molecular complexity index is 916. The molecule has 1 saturated heterocycles. The van der Waals surface area contributed by atoms with Crippen LogP contribution in [-0.2, 0) is 6.54 Å². The SMILES string of the molecule is COc1ccc(C2CN(C)Cc3cc(OCCCN=C4N(C)CCC[NH+]4C)ccc32)cc1. The van der Waals surface area contributed by atoms with E-state index in [4.69, 9.17) is 14.5 Å². The highest BCUT2D eigenvalue weighted by atomic mass is 16.5. The number of likely N-dealkylation sites (N-methyl/N-ethyl adjacent to an activating group) is 1. The summed E-state index contributed by atoms with van der Waals surface area (Å²) in [6, 6.07) is 15.1. The molecule has 2 aliphatic rings. The van der Waals surface area contributed by atoms with Gasteiger partial charge in [0.15, 0.2) is 0 Å². The van der Waals surface area contributed by atoms with E-state index in [9.17, 15) is 0 Å². The normalized spacial score (nSPS) is 22.6. The van der Waals surface area contributed by atoms with Crippen molar-refractivity contribution in [3.8, 4) is 11.5 Å². The molecule has 0 amide bonds. The molecule has 2 atom stereocenters. The minimum Gasteiger partial charge on any atom is -0.497 e. The predicted octanol–water partition coefficient (Wildman–Crippen LogP) is 2.25. The van der Waals surface area contributed by atoms with Crippen LogP contribution >= 0.6 is 0 Å². The van der Waals surface area contributed by atoms with Gasteiger partial charge in [0.25, 0.3) is 5.96 Å². The fourth-order valence-electron chi connectivity index (χ4n) is 4.86. The number of benzene rings is 2. The Hall–Kier alpha value is -2.57. The van der Waals surface area contributed by atoms with Crippen LogP contribution in [0.1, 0.15) is 35.4 Å². The molecule has 6 heteroatoms. The lowest BCUT2D eigenvalue weighted by Gasteiger charge is -2.33. The summed E-state index contributed by atoms with van der Waals surface area (Å²) in [5.41, 5.74) is 4.08. The maximum absolute atomic E-state index is 6.10. The van der Waals surface area contributed by atoms with Crippen molar-refractivity contribution in [1.29, 1.82) is 0 Å². The molecule has 0 bridgehead atoms. The summed E-state index contributed by atoms with van der Waals surface area (Å²) in [4.78, 5) is 10.9. The standard InChI is InChI=1S/C26H36N4O2/c1-28-18-21-17-23(32-16-5-13-27-26-29(2)14-6-15-30(26)3)11-12-24(21)25(19-28)20-7-9-22(31-4)10-8-20/h7-12,17,25H,5-6,13-16,18-19H2,1-4H3/p+1. The molecule has 4 rings (SSSR count). The van der Waals surface area contributed by atoms with Gasteiger partial charge < -0.3 is 19.3 Å². The maximum atomic E-state index is 6.10. The number of nitrogens with one attached hydrogen (secondary N) is 1. The van der Waals surface area contributed by atoms with Gasteiger partial charge >= 0.3 is 0 Å². The fourth-order valence-corrected chi connectivity index (χ4v) is 4.86. The molecular weight excluding hydrogens is 400 g/mol. The molecule has 2 aromatic rings. The van der Waals surface area contributed by atoms with E-state index in [1.54, 1.807) is 7.11 Å². The molecule has 0 aliphatic carbocycles. The highest BCUT2D eigenvalue weighted by Gasteiger charge is 2.25. The van der Waals surface area contributed by atoms with Crippen LogP contribution in [0.25, 0.3) is 0 Å². The van der Waals surface area contributed by atoms with Crippen molar-refractivity contribution in [3.63, 3.8) is 0 Å². The van der Waals surface area contributed by atoms with Crippen LogP contribution in [0.5, 0.6) is 11.5 Å². The lowest BCUT2D eigenvalue weighted by atomic mass is 9.84. The summed E-state index contributed by atoms with van der Waals surface area (Å²) in [6.07, 6.45) is 2.16. The Labute approximate surface area is 192 Å². The quantitative estimate of drug-likeness (QED) is 0.675. The first-order valence-electron chi connectivity index (χ1n) is 11.7. The first kappa shape index (κ1) is 22.6. The second-order valence-electron chi connectivity index (χ2n) is 9.10. The number of hydrogen-bond acceptors (Lipinski definition) is 4. The van der Waals surface area contributed by atoms with Crippen molar-refractivity contribution < 1.29 is 14.4 Å². The monoisotopic (exact) mass is 437 g/mol. The molecule has 0 aromatic heterocycles. The number of aliphatic imine (C=N–C) groups is 1. The number of hydrogen-bond donors (Lipinski definition) is 1. The van der Waals surface area contributed by atoms with E-state index in [2.05, 4.69) is 73.4 Å². The molecule has 0 spiro atoms. The topological polar surface area (TPSA) is 41.7 Å². The molecule has 0 saturated carbocycles. The Balaban J connectivity index is 1.37. The van der Waals surface area contributed by atoms with E-state index in [1.165, 1.54) is 40.5 Å². The van der Waals surface area contributed by atoms with E-state index in [0.29, 0.717) is 12.5 Å². The Morgan fingerprint density at radius 3 is 2.62 bits per heavy atom. The van der Waals surface area contributed by atoms with Crippen LogP contribution in [0.4, 0.5) is 0 Å². The van der Waals surface area contributed by atoms with Gasteiger partial charge in [0, 0.05) is 52.0 Å². The van der Waals surface area contributed by atoms with E-state index >= 15 is 0 Å². The van der Waals surface area contributed by atoms with Crippen molar-refractivity contribution in [2.75, 3.05) is 61.0 Å². The Morgan fingerprint density at radius 1 is 1.09 bits per heavy atom. The molecule has 32 heavy (non-hydrogen) atoms. The second kappa shape index (κ2) is 10.4. The number of guanidine groups is 1. The van der Waals surface area contributed by atoms with E-state index in [-0.39, 0.29) is 0 Å². The van der Waals surface area contributed by atoms with Gasteiger partial charge in [-0.05, 0) is 48.0 Å². The summed E-state index contributed by atoms with van der Waals surface area (Å²) in [5.74, 6) is 3.40. The zero-order valence-electron chi connectivity index (χ0n) is 19.9. The average Bonchev–Trinajstić information content (AvgIpc) is 2.80. The zero-order chi connectivity index (χ0) is 22.5. The van der Waals surface area contributed by atoms with Gasteiger partial charge in [-0.2, -0.15) is 0 Å². The number of quaternary nitrogens is 1. The number of rotatable bonds is 7. The molecular formula is C26H37N4O2+. The minimum absolute atomic E-state index is 0.367. The molecule has 172 valence electrons. The largest absolute Gasteiger partial charge is 0.497 e. The third-order valence-electron chi connectivity index (χ3n) is 6.56. The maximum Gasteiger partial charge on any atom is 0.298 e. The van der Waals surface area contributed by atoms with Crippen LogP contribution in [-0.4, -0.2) is 76.8 Å². The van der Waals surface area contributed by atoms with E-state index in [0.717, 1.165) is 44.1 Å². The summed E-state index contributed by atoms with van der Waals surface area (Å²) < 4.78 is 11.4.